The van der Waals surface area contributed by atoms with Crippen LogP contribution in [0.3, 0.4) is 0 Å². The molecule has 0 bridgehead atoms. The van der Waals surface area contributed by atoms with E-state index in [1.54, 1.807) is 0 Å². The number of nitrogens with one attached hydrogen (secondary N) is 1. The Balaban J connectivity index is 0.988. The average Bonchev–Trinajstić information content (AvgIpc) is 3.88. The summed E-state index contributed by atoms with van der Waals surface area (Å²) in [5, 5.41) is 12.3. The van der Waals surface area contributed by atoms with Crippen LogP contribution in [0, 0.1) is 0 Å². The summed E-state index contributed by atoms with van der Waals surface area (Å²) in [7, 11) is 0. The summed E-state index contributed by atoms with van der Waals surface area (Å²) in [5.41, 5.74) is 8.71. The van der Waals surface area contributed by atoms with E-state index in [-0.39, 0.29) is 0 Å². The largest absolute Gasteiger partial charge is 0.324 e. The molecular formula is C52H32N4S2. The minimum Gasteiger partial charge on any atom is -0.324 e. The van der Waals surface area contributed by atoms with Gasteiger partial charge in [-0.15, -0.1) is 22.7 Å². The van der Waals surface area contributed by atoms with Gasteiger partial charge in [-0.2, -0.15) is 0 Å². The van der Waals surface area contributed by atoms with Crippen LogP contribution in [-0.4, -0.2) is 16.7 Å². The molecule has 0 saturated heterocycles. The number of nitrogens with zero attached hydrogens (tertiary/aromatic N) is 3. The van der Waals surface area contributed by atoms with Gasteiger partial charge in [0.1, 0.15) is 11.7 Å². The van der Waals surface area contributed by atoms with E-state index in [2.05, 4.69) is 181 Å². The van der Waals surface area contributed by atoms with Crippen LogP contribution in [0.2, 0.25) is 0 Å². The Morgan fingerprint density at radius 3 is 1.88 bits per heavy atom. The Hall–Kier alpha value is -6.99. The molecule has 0 fully saturated rings. The normalized spacial score (nSPS) is 14.4. The van der Waals surface area contributed by atoms with Crippen LogP contribution in [0.5, 0.6) is 0 Å². The lowest BCUT2D eigenvalue weighted by atomic mass is 9.97. The van der Waals surface area contributed by atoms with E-state index in [1.165, 1.54) is 67.6 Å². The SMILES string of the molecule is c1ccc(C2=NC(c3ccc(-c4cccc5c4sc4c5ccc5c(-c6ccccc6)nc6ccccc6c54)cc3)N=C(c3cccc4sc5ccccc5c34)N2)cc1. The number of aliphatic imine (C=N–C) groups is 2. The van der Waals surface area contributed by atoms with Crippen LogP contribution in [-0.2, 0) is 0 Å². The fourth-order valence-electron chi connectivity index (χ4n) is 8.62. The first kappa shape index (κ1) is 33.2. The molecule has 272 valence electrons. The summed E-state index contributed by atoms with van der Waals surface area (Å²) in [5.74, 6) is 1.65. The average molecular weight is 777 g/mol. The lowest BCUT2D eigenvalue weighted by Gasteiger charge is -2.23. The van der Waals surface area contributed by atoms with E-state index in [0.717, 1.165) is 45.1 Å². The van der Waals surface area contributed by atoms with Gasteiger partial charge < -0.3 is 5.32 Å². The van der Waals surface area contributed by atoms with Crippen molar-refractivity contribution in [2.45, 2.75) is 6.17 Å². The molecule has 4 heterocycles. The standard InChI is InChI=1S/C52H32N4S2/c1-3-13-32(14-4-1)47-40-30-29-37-36-20-11-19-35(48(36)58-49(37)46(40)38-17-7-9-22-42(38)53-47)31-25-27-34(28-26-31)51-54-50(33-15-5-2-6-16-33)55-52(56-51)41-21-12-24-44-45(41)39-18-8-10-23-43(39)57-44/h1-30,51H,(H,54,55,56). The van der Waals surface area contributed by atoms with Gasteiger partial charge in [-0.05, 0) is 34.9 Å². The van der Waals surface area contributed by atoms with Crippen LogP contribution in [0.15, 0.2) is 192 Å². The third kappa shape index (κ3) is 5.30. The number of hydrogen-bond acceptors (Lipinski definition) is 6. The molecule has 8 aromatic carbocycles. The van der Waals surface area contributed by atoms with Gasteiger partial charge in [0.25, 0.3) is 0 Å². The minimum absolute atomic E-state index is 0.409. The summed E-state index contributed by atoms with van der Waals surface area (Å²) < 4.78 is 5.09. The van der Waals surface area contributed by atoms with Crippen LogP contribution in [0.25, 0.3) is 84.4 Å². The van der Waals surface area contributed by atoms with Gasteiger partial charge >= 0.3 is 0 Å². The van der Waals surface area contributed by atoms with Crippen LogP contribution in [0.4, 0.5) is 0 Å². The molecular weight excluding hydrogens is 745 g/mol. The number of thiophene rings is 2. The zero-order chi connectivity index (χ0) is 38.2. The topological polar surface area (TPSA) is 49.6 Å². The fourth-order valence-corrected chi connectivity index (χ4v) is 11.1. The highest BCUT2D eigenvalue weighted by molar-refractivity contribution is 7.27. The molecule has 12 rings (SSSR count). The highest BCUT2D eigenvalue weighted by Crippen LogP contribution is 2.46. The van der Waals surface area contributed by atoms with Gasteiger partial charge in [0.15, 0.2) is 6.17 Å². The first-order chi connectivity index (χ1) is 28.7. The number of fused-ring (bicyclic) bond motifs is 10. The Morgan fingerprint density at radius 1 is 0.397 bits per heavy atom. The molecule has 0 saturated carbocycles. The maximum absolute atomic E-state index is 5.32. The van der Waals surface area contributed by atoms with Crippen molar-refractivity contribution in [2.24, 2.45) is 9.98 Å². The predicted octanol–water partition coefficient (Wildman–Crippen LogP) is 14.0. The molecule has 1 aliphatic heterocycles. The van der Waals surface area contributed by atoms with Crippen molar-refractivity contribution in [2.75, 3.05) is 0 Å². The summed E-state index contributed by atoms with van der Waals surface area (Å²) >= 11 is 3.70. The Kier molecular flexibility index (Phi) is 7.61. The van der Waals surface area contributed by atoms with Crippen molar-refractivity contribution < 1.29 is 0 Å². The van der Waals surface area contributed by atoms with Gasteiger partial charge in [-0.1, -0.05) is 164 Å². The van der Waals surface area contributed by atoms with Crippen molar-refractivity contribution in [3.05, 3.63) is 199 Å². The molecule has 1 unspecified atom stereocenters. The van der Waals surface area contributed by atoms with Crippen molar-refractivity contribution in [1.29, 1.82) is 0 Å². The molecule has 58 heavy (non-hydrogen) atoms. The summed E-state index contributed by atoms with van der Waals surface area (Å²) in [6.07, 6.45) is -0.409. The molecule has 1 N–H and O–H groups in total. The molecule has 0 amide bonds. The lowest BCUT2D eigenvalue weighted by molar-refractivity contribution is 0.756. The third-order valence-corrected chi connectivity index (χ3v) is 13.7. The van der Waals surface area contributed by atoms with Gasteiger partial charge in [0.05, 0.1) is 11.2 Å². The van der Waals surface area contributed by atoms with Crippen molar-refractivity contribution in [3.63, 3.8) is 0 Å². The fraction of sp³-hybridized carbons (Fsp3) is 0.0192. The zero-order valence-corrected chi connectivity index (χ0v) is 32.7. The van der Waals surface area contributed by atoms with Gasteiger partial charge in [-0.3, -0.25) is 0 Å². The first-order valence-electron chi connectivity index (χ1n) is 19.5. The van der Waals surface area contributed by atoms with Gasteiger partial charge in [0, 0.05) is 73.2 Å². The van der Waals surface area contributed by atoms with Crippen molar-refractivity contribution >= 4 is 96.4 Å². The van der Waals surface area contributed by atoms with Gasteiger partial charge in [-0.25, -0.2) is 15.0 Å². The Bertz CT molecular complexity index is 3470. The second-order valence-corrected chi connectivity index (χ2v) is 16.8. The van der Waals surface area contributed by atoms with E-state index in [4.69, 9.17) is 15.0 Å². The van der Waals surface area contributed by atoms with E-state index in [1.807, 2.05) is 28.7 Å². The summed E-state index contributed by atoms with van der Waals surface area (Å²) in [6.45, 7) is 0. The number of pyridine rings is 1. The number of para-hydroxylation sites is 1. The van der Waals surface area contributed by atoms with Crippen LogP contribution < -0.4 is 5.32 Å². The lowest BCUT2D eigenvalue weighted by Crippen LogP contribution is -2.36. The molecule has 3 aromatic heterocycles. The molecule has 11 aromatic rings. The molecule has 0 radical (unpaired) electrons. The number of hydrogen-bond donors (Lipinski definition) is 1. The molecule has 0 spiro atoms. The number of rotatable bonds is 5. The quantitative estimate of drug-likeness (QED) is 0.177. The second-order valence-electron chi connectivity index (χ2n) is 14.7. The predicted molar refractivity (Wildman–Crippen MR) is 248 cm³/mol. The van der Waals surface area contributed by atoms with E-state index >= 15 is 0 Å². The number of amidine groups is 2. The maximum atomic E-state index is 5.32. The monoisotopic (exact) mass is 776 g/mol. The van der Waals surface area contributed by atoms with E-state index < -0.39 is 6.17 Å². The number of benzene rings is 8. The first-order valence-corrected chi connectivity index (χ1v) is 21.1. The van der Waals surface area contributed by atoms with E-state index in [0.29, 0.717) is 0 Å². The van der Waals surface area contributed by atoms with Crippen LogP contribution >= 0.6 is 22.7 Å². The molecule has 1 aliphatic rings. The smallest absolute Gasteiger partial charge is 0.169 e. The highest BCUT2D eigenvalue weighted by Gasteiger charge is 2.24. The maximum Gasteiger partial charge on any atom is 0.169 e. The van der Waals surface area contributed by atoms with Gasteiger partial charge in [0.2, 0.25) is 0 Å². The Morgan fingerprint density at radius 2 is 1.03 bits per heavy atom. The molecule has 6 heteroatoms. The molecule has 1 atom stereocenters. The van der Waals surface area contributed by atoms with Crippen LogP contribution in [0.1, 0.15) is 22.9 Å². The third-order valence-electron chi connectivity index (χ3n) is 11.3. The molecule has 0 aliphatic carbocycles. The summed E-state index contributed by atoms with van der Waals surface area (Å²) in [4.78, 5) is 15.7. The molecule has 4 nitrogen and oxygen atoms in total. The summed E-state index contributed by atoms with van der Waals surface area (Å²) in [6, 6.07) is 64.8. The zero-order valence-electron chi connectivity index (χ0n) is 31.1. The second kappa shape index (κ2) is 13.3. The highest BCUT2D eigenvalue weighted by atomic mass is 32.1. The Labute approximate surface area is 342 Å². The number of aromatic nitrogens is 1. The van der Waals surface area contributed by atoms with E-state index in [9.17, 15) is 0 Å². The minimum atomic E-state index is -0.409. The van der Waals surface area contributed by atoms with Crippen molar-refractivity contribution in [3.8, 4) is 22.4 Å². The van der Waals surface area contributed by atoms with Crippen molar-refractivity contribution in [1.82, 2.24) is 10.3 Å².